The van der Waals surface area contributed by atoms with E-state index in [1.54, 1.807) is 13.8 Å². The smallest absolute Gasteiger partial charge is 0.328 e. The number of H-pyrrole nitrogens is 1. The molecule has 0 spiro atoms. The Morgan fingerprint density at radius 1 is 1.57 bits per heavy atom. The molecular formula is C8H12FN3O2. The highest BCUT2D eigenvalue weighted by Gasteiger charge is 2.20. The van der Waals surface area contributed by atoms with Gasteiger partial charge in [0.25, 0.3) is 5.56 Å². The van der Waals surface area contributed by atoms with Gasteiger partial charge in [0.05, 0.1) is 11.7 Å². The Hall–Kier alpha value is -1.43. The zero-order valence-corrected chi connectivity index (χ0v) is 8.00. The maximum atomic E-state index is 12.9. The highest BCUT2D eigenvalue weighted by Crippen LogP contribution is 2.08. The van der Waals surface area contributed by atoms with Gasteiger partial charge in [0, 0.05) is 6.54 Å². The second-order valence-electron chi connectivity index (χ2n) is 3.62. The highest BCUT2D eigenvalue weighted by atomic mass is 19.1. The first-order chi connectivity index (χ1) is 6.38. The molecule has 0 aromatic carbocycles. The zero-order chi connectivity index (χ0) is 10.9. The van der Waals surface area contributed by atoms with E-state index in [-0.39, 0.29) is 6.54 Å². The molecule has 0 amide bonds. The number of nitrogens with two attached hydrogens (primary N) is 1. The van der Waals surface area contributed by atoms with Crippen LogP contribution in [0.3, 0.4) is 0 Å². The molecule has 0 aliphatic rings. The Morgan fingerprint density at radius 3 is 2.64 bits per heavy atom. The highest BCUT2D eigenvalue weighted by molar-refractivity contribution is 4.92. The predicted octanol–water partition coefficient (Wildman–Crippen LogP) is -0.631. The summed E-state index contributed by atoms with van der Waals surface area (Å²) in [7, 11) is 0. The lowest BCUT2D eigenvalue weighted by Gasteiger charge is -2.24. The number of aromatic nitrogens is 2. The molecule has 0 atom stereocenters. The summed E-state index contributed by atoms with van der Waals surface area (Å²) in [6.07, 6.45) is 0.869. The first-order valence-electron chi connectivity index (χ1n) is 4.10. The Balaban J connectivity index is 3.45. The van der Waals surface area contributed by atoms with E-state index in [2.05, 4.69) is 0 Å². The first-order valence-corrected chi connectivity index (χ1v) is 4.10. The first kappa shape index (κ1) is 10.6. The number of nitrogens with zero attached hydrogens (tertiary/aromatic N) is 1. The van der Waals surface area contributed by atoms with Crippen molar-refractivity contribution in [2.75, 3.05) is 6.54 Å². The van der Waals surface area contributed by atoms with Gasteiger partial charge in [-0.25, -0.2) is 4.79 Å². The SMILES string of the molecule is CC(C)(CN)n1cc(F)c(=O)[nH]c1=O. The van der Waals surface area contributed by atoms with Gasteiger partial charge in [-0.1, -0.05) is 0 Å². The monoisotopic (exact) mass is 201 g/mol. The quantitative estimate of drug-likeness (QED) is 0.668. The lowest BCUT2D eigenvalue weighted by atomic mass is 10.1. The molecule has 0 aliphatic heterocycles. The van der Waals surface area contributed by atoms with Crippen LogP contribution in [0.4, 0.5) is 4.39 Å². The van der Waals surface area contributed by atoms with E-state index in [0.29, 0.717) is 0 Å². The van der Waals surface area contributed by atoms with Crippen LogP contribution in [0, 0.1) is 5.82 Å². The molecule has 0 saturated heterocycles. The number of aromatic amines is 1. The molecule has 0 aliphatic carbocycles. The third-order valence-corrected chi connectivity index (χ3v) is 2.05. The molecule has 1 rings (SSSR count). The molecule has 0 radical (unpaired) electrons. The van der Waals surface area contributed by atoms with Crippen LogP contribution in [-0.2, 0) is 5.54 Å². The molecule has 1 aromatic heterocycles. The van der Waals surface area contributed by atoms with E-state index in [1.807, 2.05) is 4.98 Å². The van der Waals surface area contributed by atoms with Crippen molar-refractivity contribution >= 4 is 0 Å². The van der Waals surface area contributed by atoms with Gasteiger partial charge in [0.2, 0.25) is 5.82 Å². The van der Waals surface area contributed by atoms with Crippen LogP contribution in [0.25, 0.3) is 0 Å². The minimum absolute atomic E-state index is 0.165. The van der Waals surface area contributed by atoms with E-state index < -0.39 is 22.6 Å². The number of hydrogen-bond acceptors (Lipinski definition) is 3. The Labute approximate surface area is 79.4 Å². The fourth-order valence-corrected chi connectivity index (χ4v) is 0.996. The molecule has 0 bridgehead atoms. The Morgan fingerprint density at radius 2 is 2.14 bits per heavy atom. The van der Waals surface area contributed by atoms with E-state index in [4.69, 9.17) is 5.73 Å². The van der Waals surface area contributed by atoms with E-state index in [0.717, 1.165) is 10.8 Å². The van der Waals surface area contributed by atoms with E-state index >= 15 is 0 Å². The minimum Gasteiger partial charge on any atom is -0.328 e. The third-order valence-electron chi connectivity index (χ3n) is 2.05. The van der Waals surface area contributed by atoms with Gasteiger partial charge in [0.1, 0.15) is 0 Å². The Kier molecular flexibility index (Phi) is 2.57. The maximum absolute atomic E-state index is 12.9. The van der Waals surface area contributed by atoms with Crippen molar-refractivity contribution in [3.05, 3.63) is 32.9 Å². The lowest BCUT2D eigenvalue weighted by Crippen LogP contribution is -2.45. The summed E-state index contributed by atoms with van der Waals surface area (Å²) in [6.45, 7) is 3.51. The number of nitrogens with one attached hydrogen (secondary N) is 1. The van der Waals surface area contributed by atoms with Crippen LogP contribution in [0.15, 0.2) is 15.8 Å². The normalized spacial score (nSPS) is 11.7. The predicted molar refractivity (Wildman–Crippen MR) is 49.7 cm³/mol. The van der Waals surface area contributed by atoms with Gasteiger partial charge in [-0.3, -0.25) is 14.3 Å². The summed E-state index contributed by atoms with van der Waals surface area (Å²) in [5, 5.41) is 0. The molecule has 1 aromatic rings. The summed E-state index contributed by atoms with van der Waals surface area (Å²) >= 11 is 0. The average molecular weight is 201 g/mol. The summed E-state index contributed by atoms with van der Waals surface area (Å²) in [4.78, 5) is 23.9. The fraction of sp³-hybridized carbons (Fsp3) is 0.500. The maximum Gasteiger partial charge on any atom is 0.329 e. The molecule has 0 unspecified atom stereocenters. The van der Waals surface area contributed by atoms with Gasteiger partial charge in [-0.2, -0.15) is 4.39 Å². The summed E-state index contributed by atoms with van der Waals surface area (Å²) in [5.74, 6) is -0.994. The fourth-order valence-electron chi connectivity index (χ4n) is 0.996. The molecule has 78 valence electrons. The molecule has 0 fully saturated rings. The van der Waals surface area contributed by atoms with Crippen molar-refractivity contribution in [2.24, 2.45) is 5.73 Å². The van der Waals surface area contributed by atoms with Crippen molar-refractivity contribution in [3.63, 3.8) is 0 Å². The number of rotatable bonds is 2. The molecule has 6 heteroatoms. The molecule has 0 saturated carbocycles. The van der Waals surface area contributed by atoms with Gasteiger partial charge in [-0.05, 0) is 13.8 Å². The van der Waals surface area contributed by atoms with Crippen LogP contribution >= 0.6 is 0 Å². The van der Waals surface area contributed by atoms with Crippen molar-refractivity contribution in [1.29, 1.82) is 0 Å². The summed E-state index contributed by atoms with van der Waals surface area (Å²) in [6, 6.07) is 0. The van der Waals surface area contributed by atoms with Crippen LogP contribution < -0.4 is 17.0 Å². The average Bonchev–Trinajstić information content (AvgIpc) is 2.11. The second kappa shape index (κ2) is 3.38. The van der Waals surface area contributed by atoms with Gasteiger partial charge >= 0.3 is 5.69 Å². The molecule has 3 N–H and O–H groups in total. The van der Waals surface area contributed by atoms with Gasteiger partial charge in [-0.15, -0.1) is 0 Å². The van der Waals surface area contributed by atoms with Crippen molar-refractivity contribution < 1.29 is 4.39 Å². The minimum atomic E-state index is -1.01. The van der Waals surface area contributed by atoms with Crippen LogP contribution in [-0.4, -0.2) is 16.1 Å². The molecule has 1 heterocycles. The van der Waals surface area contributed by atoms with Crippen molar-refractivity contribution in [2.45, 2.75) is 19.4 Å². The largest absolute Gasteiger partial charge is 0.329 e. The summed E-state index contributed by atoms with van der Waals surface area (Å²) < 4.78 is 14.0. The molecule has 14 heavy (non-hydrogen) atoms. The Bertz CT molecular complexity index is 447. The van der Waals surface area contributed by atoms with Gasteiger partial charge in [0.15, 0.2) is 0 Å². The molecule has 5 nitrogen and oxygen atoms in total. The van der Waals surface area contributed by atoms with Crippen LogP contribution in [0.5, 0.6) is 0 Å². The van der Waals surface area contributed by atoms with Crippen molar-refractivity contribution in [1.82, 2.24) is 9.55 Å². The standard InChI is InChI=1S/C8H12FN3O2/c1-8(2,4-10)12-3-5(9)6(13)11-7(12)14/h3H,4,10H2,1-2H3,(H,11,13,14). The van der Waals surface area contributed by atoms with E-state index in [9.17, 15) is 14.0 Å². The number of halogens is 1. The van der Waals surface area contributed by atoms with Gasteiger partial charge < -0.3 is 5.73 Å². The lowest BCUT2D eigenvalue weighted by molar-refractivity contribution is 0.340. The second-order valence-corrected chi connectivity index (χ2v) is 3.62. The van der Waals surface area contributed by atoms with Crippen molar-refractivity contribution in [3.8, 4) is 0 Å². The molecular weight excluding hydrogens is 189 g/mol. The summed E-state index contributed by atoms with van der Waals surface area (Å²) in [5.41, 5.74) is 3.03. The topological polar surface area (TPSA) is 80.9 Å². The zero-order valence-electron chi connectivity index (χ0n) is 8.00. The third kappa shape index (κ3) is 1.74. The van der Waals surface area contributed by atoms with Crippen LogP contribution in [0.2, 0.25) is 0 Å². The number of hydrogen-bond donors (Lipinski definition) is 2. The van der Waals surface area contributed by atoms with E-state index in [1.165, 1.54) is 0 Å². The van der Waals surface area contributed by atoms with Crippen LogP contribution in [0.1, 0.15) is 13.8 Å².